The third-order valence-corrected chi connectivity index (χ3v) is 1.57. The predicted molar refractivity (Wildman–Crippen MR) is 35.2 cm³/mol. The van der Waals surface area contributed by atoms with Gasteiger partial charge in [-0.15, -0.1) is 0 Å². The maximum Gasteiger partial charge on any atom is 0.319 e. The van der Waals surface area contributed by atoms with Crippen LogP contribution in [0.1, 0.15) is 6.92 Å². The standard InChI is InChI=1S/C7H10O3/c1-7(6(8)9-2)3-4-10-5-7/h3-4H,5H2,1-2H3. The van der Waals surface area contributed by atoms with E-state index < -0.39 is 5.41 Å². The van der Waals surface area contributed by atoms with Gasteiger partial charge in [-0.3, -0.25) is 4.79 Å². The minimum atomic E-state index is -0.561. The minimum absolute atomic E-state index is 0.249. The normalized spacial score (nSPS) is 29.8. The summed E-state index contributed by atoms with van der Waals surface area (Å²) in [6.45, 7) is 2.17. The molecule has 0 N–H and O–H groups in total. The molecule has 3 nitrogen and oxygen atoms in total. The van der Waals surface area contributed by atoms with Gasteiger partial charge in [-0.2, -0.15) is 0 Å². The van der Waals surface area contributed by atoms with Gasteiger partial charge in [0.25, 0.3) is 0 Å². The molecule has 0 aliphatic carbocycles. The van der Waals surface area contributed by atoms with E-state index in [-0.39, 0.29) is 5.97 Å². The van der Waals surface area contributed by atoms with Gasteiger partial charge in [0, 0.05) is 0 Å². The van der Waals surface area contributed by atoms with E-state index in [0.717, 1.165) is 0 Å². The lowest BCUT2D eigenvalue weighted by atomic mass is 9.94. The fraction of sp³-hybridized carbons (Fsp3) is 0.571. The zero-order chi connectivity index (χ0) is 7.61. The molecule has 0 bridgehead atoms. The van der Waals surface area contributed by atoms with Gasteiger partial charge in [-0.1, -0.05) is 0 Å². The number of esters is 1. The lowest BCUT2D eigenvalue weighted by molar-refractivity contribution is -0.149. The van der Waals surface area contributed by atoms with E-state index in [4.69, 9.17) is 4.74 Å². The average Bonchev–Trinajstić information content (AvgIpc) is 2.36. The van der Waals surface area contributed by atoms with Gasteiger partial charge < -0.3 is 9.47 Å². The molecule has 0 aromatic heterocycles. The summed E-state index contributed by atoms with van der Waals surface area (Å²) < 4.78 is 9.47. The quantitative estimate of drug-likeness (QED) is 0.506. The van der Waals surface area contributed by atoms with E-state index in [9.17, 15) is 4.79 Å². The number of ether oxygens (including phenoxy) is 2. The summed E-state index contributed by atoms with van der Waals surface area (Å²) in [7, 11) is 1.37. The Labute approximate surface area is 59.6 Å². The molecule has 1 heterocycles. The molecule has 0 radical (unpaired) electrons. The largest absolute Gasteiger partial charge is 0.500 e. The van der Waals surface area contributed by atoms with Crippen LogP contribution in [0.2, 0.25) is 0 Å². The average molecular weight is 142 g/mol. The Balaban J connectivity index is 2.68. The van der Waals surface area contributed by atoms with Crippen molar-refractivity contribution in [2.75, 3.05) is 13.7 Å². The van der Waals surface area contributed by atoms with Crippen LogP contribution in [-0.4, -0.2) is 19.7 Å². The summed E-state index contributed by atoms with van der Waals surface area (Å²) in [5.41, 5.74) is -0.561. The summed E-state index contributed by atoms with van der Waals surface area (Å²) in [5, 5.41) is 0. The van der Waals surface area contributed by atoms with Crippen LogP contribution in [0.15, 0.2) is 12.3 Å². The van der Waals surface area contributed by atoms with Gasteiger partial charge in [0.05, 0.1) is 13.4 Å². The molecule has 0 aromatic carbocycles. The molecule has 0 aromatic rings. The first kappa shape index (κ1) is 7.12. The second-order valence-electron chi connectivity index (χ2n) is 2.52. The van der Waals surface area contributed by atoms with Crippen molar-refractivity contribution >= 4 is 5.97 Å². The first-order valence-corrected chi connectivity index (χ1v) is 3.07. The smallest absolute Gasteiger partial charge is 0.319 e. The molecule has 1 unspecified atom stereocenters. The Hall–Kier alpha value is -0.990. The Morgan fingerprint density at radius 3 is 2.90 bits per heavy atom. The third-order valence-electron chi connectivity index (χ3n) is 1.57. The molecule has 1 aliphatic heterocycles. The van der Waals surface area contributed by atoms with Crippen LogP contribution in [0, 0.1) is 5.41 Å². The summed E-state index contributed by atoms with van der Waals surface area (Å²) in [6, 6.07) is 0. The van der Waals surface area contributed by atoms with Crippen molar-refractivity contribution in [1.82, 2.24) is 0 Å². The third kappa shape index (κ3) is 0.988. The van der Waals surface area contributed by atoms with Gasteiger partial charge in [-0.05, 0) is 13.0 Å². The molecule has 56 valence electrons. The molecular weight excluding hydrogens is 132 g/mol. The molecule has 1 atom stereocenters. The summed E-state index contributed by atoms with van der Waals surface area (Å²) in [6.07, 6.45) is 3.23. The maximum absolute atomic E-state index is 11.0. The van der Waals surface area contributed by atoms with Crippen molar-refractivity contribution in [3.05, 3.63) is 12.3 Å². The molecule has 1 rings (SSSR count). The Morgan fingerprint density at radius 2 is 2.50 bits per heavy atom. The molecule has 0 amide bonds. The van der Waals surface area contributed by atoms with Gasteiger partial charge in [-0.25, -0.2) is 0 Å². The van der Waals surface area contributed by atoms with Gasteiger partial charge in [0.2, 0.25) is 0 Å². The van der Waals surface area contributed by atoms with Crippen LogP contribution in [-0.2, 0) is 14.3 Å². The van der Waals surface area contributed by atoms with E-state index in [2.05, 4.69) is 4.74 Å². The Bertz CT molecular complexity index is 174. The van der Waals surface area contributed by atoms with Crippen LogP contribution >= 0.6 is 0 Å². The highest BCUT2D eigenvalue weighted by Gasteiger charge is 2.35. The second kappa shape index (κ2) is 2.33. The number of hydrogen-bond donors (Lipinski definition) is 0. The van der Waals surface area contributed by atoms with Crippen LogP contribution in [0.4, 0.5) is 0 Å². The van der Waals surface area contributed by atoms with Crippen LogP contribution in [0.25, 0.3) is 0 Å². The predicted octanol–water partition coefficient (Wildman–Crippen LogP) is 0.710. The zero-order valence-corrected chi connectivity index (χ0v) is 6.09. The minimum Gasteiger partial charge on any atom is -0.500 e. The number of carbonyl (C=O) groups is 1. The van der Waals surface area contributed by atoms with Gasteiger partial charge in [0.1, 0.15) is 12.0 Å². The van der Waals surface area contributed by atoms with Crippen molar-refractivity contribution in [3.8, 4) is 0 Å². The molecule has 0 saturated carbocycles. The number of methoxy groups -OCH3 is 1. The first-order valence-electron chi connectivity index (χ1n) is 3.07. The Morgan fingerprint density at radius 1 is 1.80 bits per heavy atom. The summed E-state index contributed by atoms with van der Waals surface area (Å²) in [5.74, 6) is -0.249. The number of hydrogen-bond acceptors (Lipinski definition) is 3. The zero-order valence-electron chi connectivity index (χ0n) is 6.09. The number of rotatable bonds is 1. The molecule has 1 aliphatic rings. The van der Waals surface area contributed by atoms with E-state index >= 15 is 0 Å². The molecule has 10 heavy (non-hydrogen) atoms. The van der Waals surface area contributed by atoms with Crippen molar-refractivity contribution in [3.63, 3.8) is 0 Å². The van der Waals surface area contributed by atoms with Crippen molar-refractivity contribution in [1.29, 1.82) is 0 Å². The summed E-state index contributed by atoms with van der Waals surface area (Å²) in [4.78, 5) is 11.0. The van der Waals surface area contributed by atoms with Crippen LogP contribution in [0.3, 0.4) is 0 Å². The van der Waals surface area contributed by atoms with Crippen molar-refractivity contribution in [2.45, 2.75) is 6.92 Å². The molecular formula is C7H10O3. The SMILES string of the molecule is COC(=O)C1(C)C=COC1. The lowest BCUT2D eigenvalue weighted by Gasteiger charge is -2.15. The number of carbonyl (C=O) groups excluding carboxylic acids is 1. The fourth-order valence-corrected chi connectivity index (χ4v) is 0.828. The van der Waals surface area contributed by atoms with E-state index in [1.807, 2.05) is 0 Å². The van der Waals surface area contributed by atoms with Crippen molar-refractivity contribution in [2.24, 2.45) is 5.41 Å². The molecule has 0 fully saturated rings. The van der Waals surface area contributed by atoms with E-state index in [1.165, 1.54) is 13.4 Å². The second-order valence-corrected chi connectivity index (χ2v) is 2.52. The lowest BCUT2D eigenvalue weighted by Crippen LogP contribution is -2.28. The molecule has 0 spiro atoms. The molecule has 3 heteroatoms. The monoisotopic (exact) mass is 142 g/mol. The van der Waals surface area contributed by atoms with Crippen LogP contribution < -0.4 is 0 Å². The van der Waals surface area contributed by atoms with Gasteiger partial charge >= 0.3 is 5.97 Å². The Kier molecular flexibility index (Phi) is 1.66. The highest BCUT2D eigenvalue weighted by Crippen LogP contribution is 2.25. The highest BCUT2D eigenvalue weighted by molar-refractivity contribution is 5.79. The fourth-order valence-electron chi connectivity index (χ4n) is 0.828. The van der Waals surface area contributed by atoms with E-state index in [0.29, 0.717) is 6.61 Å². The summed E-state index contributed by atoms with van der Waals surface area (Å²) >= 11 is 0. The van der Waals surface area contributed by atoms with Crippen molar-refractivity contribution < 1.29 is 14.3 Å². The van der Waals surface area contributed by atoms with Gasteiger partial charge in [0.15, 0.2) is 0 Å². The van der Waals surface area contributed by atoms with Crippen LogP contribution in [0.5, 0.6) is 0 Å². The topological polar surface area (TPSA) is 35.5 Å². The highest BCUT2D eigenvalue weighted by atomic mass is 16.5. The first-order chi connectivity index (χ1) is 4.69. The maximum atomic E-state index is 11.0. The molecule has 0 saturated heterocycles. The van der Waals surface area contributed by atoms with E-state index in [1.54, 1.807) is 13.0 Å².